The van der Waals surface area contributed by atoms with Crippen molar-refractivity contribution in [1.82, 2.24) is 0 Å². The molecule has 0 unspecified atom stereocenters. The molecule has 5 nitrogen and oxygen atoms in total. The van der Waals surface area contributed by atoms with Crippen molar-refractivity contribution in [3.63, 3.8) is 0 Å². The predicted molar refractivity (Wildman–Crippen MR) is 92.0 cm³/mol. The van der Waals surface area contributed by atoms with Gasteiger partial charge in [-0.25, -0.2) is 0 Å². The Morgan fingerprint density at radius 2 is 1.74 bits per heavy atom. The molecule has 23 heavy (non-hydrogen) atoms. The molecular formula is C18H22N2O3. The van der Waals surface area contributed by atoms with Crippen LogP contribution in [0, 0.1) is 0 Å². The summed E-state index contributed by atoms with van der Waals surface area (Å²) in [4.78, 5) is 12.0. The van der Waals surface area contributed by atoms with Crippen LogP contribution in [-0.4, -0.2) is 32.3 Å². The molecule has 2 N–H and O–H groups in total. The molecule has 0 heterocycles. The van der Waals surface area contributed by atoms with Gasteiger partial charge in [-0.1, -0.05) is 30.3 Å². The second kappa shape index (κ2) is 9.48. The first kappa shape index (κ1) is 16.8. The molecule has 0 saturated carbocycles. The van der Waals surface area contributed by atoms with Gasteiger partial charge in [0.1, 0.15) is 12.4 Å². The summed E-state index contributed by atoms with van der Waals surface area (Å²) in [6.07, 6.45) is 0. The number of rotatable bonds is 9. The van der Waals surface area contributed by atoms with Crippen LogP contribution in [0.15, 0.2) is 54.6 Å². The molecule has 122 valence electrons. The second-order valence-electron chi connectivity index (χ2n) is 4.81. The largest absolute Gasteiger partial charge is 0.489 e. The molecule has 0 aliphatic carbocycles. The van der Waals surface area contributed by atoms with Crippen molar-refractivity contribution in [3.8, 4) is 5.75 Å². The zero-order chi connectivity index (χ0) is 16.3. The van der Waals surface area contributed by atoms with Gasteiger partial charge in [0.15, 0.2) is 0 Å². The lowest BCUT2D eigenvalue weighted by molar-refractivity contribution is -0.114. The fraction of sp³-hybridized carbons (Fsp3) is 0.278. The fourth-order valence-corrected chi connectivity index (χ4v) is 2.00. The van der Waals surface area contributed by atoms with E-state index in [-0.39, 0.29) is 12.5 Å². The van der Waals surface area contributed by atoms with Gasteiger partial charge in [0, 0.05) is 12.3 Å². The summed E-state index contributed by atoms with van der Waals surface area (Å²) in [6.45, 7) is 3.80. The molecule has 2 rings (SSSR count). The fourth-order valence-electron chi connectivity index (χ4n) is 2.00. The van der Waals surface area contributed by atoms with Crippen molar-refractivity contribution in [2.45, 2.75) is 6.92 Å². The minimum Gasteiger partial charge on any atom is -0.489 e. The van der Waals surface area contributed by atoms with E-state index in [1.54, 1.807) is 0 Å². The molecular weight excluding hydrogens is 292 g/mol. The topological polar surface area (TPSA) is 59.6 Å². The molecule has 0 aliphatic heterocycles. The Hall–Kier alpha value is -2.53. The second-order valence-corrected chi connectivity index (χ2v) is 4.81. The van der Waals surface area contributed by atoms with Crippen molar-refractivity contribution in [2.75, 3.05) is 37.0 Å². The third kappa shape index (κ3) is 6.00. The van der Waals surface area contributed by atoms with Crippen LogP contribution in [0.4, 0.5) is 11.4 Å². The van der Waals surface area contributed by atoms with Gasteiger partial charge in [-0.05, 0) is 31.2 Å². The highest BCUT2D eigenvalue weighted by atomic mass is 16.5. The van der Waals surface area contributed by atoms with Gasteiger partial charge in [0.2, 0.25) is 5.91 Å². The average molecular weight is 314 g/mol. The molecule has 2 aromatic carbocycles. The van der Waals surface area contributed by atoms with E-state index in [1.807, 2.05) is 61.5 Å². The first-order valence-corrected chi connectivity index (χ1v) is 7.68. The normalized spacial score (nSPS) is 10.1. The minimum absolute atomic E-state index is 0.111. The van der Waals surface area contributed by atoms with E-state index in [9.17, 15) is 4.79 Å². The maximum Gasteiger partial charge on any atom is 0.243 e. The van der Waals surface area contributed by atoms with Crippen LogP contribution in [-0.2, 0) is 9.53 Å². The van der Waals surface area contributed by atoms with Gasteiger partial charge in [-0.15, -0.1) is 0 Å². The number of hydrogen-bond donors (Lipinski definition) is 2. The SMILES string of the molecule is CCOCCOc1ccccc1NCC(=O)Nc1ccccc1. The van der Waals surface area contributed by atoms with Gasteiger partial charge in [0.05, 0.1) is 18.8 Å². The monoisotopic (exact) mass is 314 g/mol. The maximum absolute atomic E-state index is 12.0. The lowest BCUT2D eigenvalue weighted by atomic mass is 10.3. The zero-order valence-corrected chi connectivity index (χ0v) is 13.2. The first-order chi connectivity index (χ1) is 11.3. The quantitative estimate of drug-likeness (QED) is 0.698. The van der Waals surface area contributed by atoms with Crippen LogP contribution in [0.5, 0.6) is 5.75 Å². The summed E-state index contributed by atoms with van der Waals surface area (Å²) < 4.78 is 10.9. The standard InChI is InChI=1S/C18H22N2O3/c1-2-22-12-13-23-17-11-7-6-10-16(17)19-14-18(21)20-15-8-4-3-5-9-15/h3-11,19H,2,12-14H2,1H3,(H,20,21). The van der Waals surface area contributed by atoms with Crippen LogP contribution >= 0.6 is 0 Å². The molecule has 0 saturated heterocycles. The number of para-hydroxylation sites is 3. The summed E-state index contributed by atoms with van der Waals surface area (Å²) in [7, 11) is 0. The Morgan fingerprint density at radius 1 is 1.00 bits per heavy atom. The highest BCUT2D eigenvalue weighted by Crippen LogP contribution is 2.23. The van der Waals surface area contributed by atoms with Gasteiger partial charge in [-0.3, -0.25) is 4.79 Å². The number of benzene rings is 2. The predicted octanol–water partition coefficient (Wildman–Crippen LogP) is 3.15. The number of carbonyl (C=O) groups is 1. The average Bonchev–Trinajstić information content (AvgIpc) is 2.59. The van der Waals surface area contributed by atoms with E-state index in [0.717, 1.165) is 11.4 Å². The van der Waals surface area contributed by atoms with Crippen molar-refractivity contribution >= 4 is 17.3 Å². The summed E-state index contributed by atoms with van der Waals surface area (Å²) in [6, 6.07) is 16.9. The van der Waals surface area contributed by atoms with Crippen LogP contribution < -0.4 is 15.4 Å². The highest BCUT2D eigenvalue weighted by Gasteiger charge is 2.06. The number of hydrogen-bond acceptors (Lipinski definition) is 4. The molecule has 5 heteroatoms. The molecule has 0 spiro atoms. The molecule has 0 bridgehead atoms. The van der Waals surface area contributed by atoms with Gasteiger partial charge in [0.25, 0.3) is 0 Å². The first-order valence-electron chi connectivity index (χ1n) is 7.68. The van der Waals surface area contributed by atoms with Gasteiger partial charge < -0.3 is 20.1 Å². The van der Waals surface area contributed by atoms with E-state index in [4.69, 9.17) is 9.47 Å². The van der Waals surface area contributed by atoms with Crippen molar-refractivity contribution < 1.29 is 14.3 Å². The summed E-state index contributed by atoms with van der Waals surface area (Å²) >= 11 is 0. The van der Waals surface area contributed by atoms with Crippen molar-refractivity contribution in [2.24, 2.45) is 0 Å². The van der Waals surface area contributed by atoms with E-state index >= 15 is 0 Å². The maximum atomic E-state index is 12.0. The number of carbonyl (C=O) groups excluding carboxylic acids is 1. The molecule has 2 aromatic rings. The number of nitrogens with one attached hydrogen (secondary N) is 2. The van der Waals surface area contributed by atoms with Gasteiger partial charge >= 0.3 is 0 Å². The third-order valence-electron chi connectivity index (χ3n) is 3.07. The number of ether oxygens (including phenoxy) is 2. The summed E-state index contributed by atoms with van der Waals surface area (Å²) in [5, 5.41) is 5.93. The van der Waals surface area contributed by atoms with Gasteiger partial charge in [-0.2, -0.15) is 0 Å². The Labute approximate surface area is 136 Å². The van der Waals surface area contributed by atoms with Crippen LogP contribution in [0.25, 0.3) is 0 Å². The molecule has 0 aliphatic rings. The Morgan fingerprint density at radius 3 is 2.52 bits per heavy atom. The number of amides is 1. The molecule has 0 fully saturated rings. The zero-order valence-electron chi connectivity index (χ0n) is 13.2. The molecule has 0 atom stereocenters. The summed E-state index contributed by atoms with van der Waals surface area (Å²) in [5.74, 6) is 0.597. The van der Waals surface area contributed by atoms with Crippen molar-refractivity contribution in [3.05, 3.63) is 54.6 Å². The van der Waals surface area contributed by atoms with Crippen LogP contribution in [0.1, 0.15) is 6.92 Å². The van der Waals surface area contributed by atoms with E-state index < -0.39 is 0 Å². The molecule has 1 amide bonds. The Kier molecular flexibility index (Phi) is 6.94. The van der Waals surface area contributed by atoms with Crippen LogP contribution in [0.2, 0.25) is 0 Å². The van der Waals surface area contributed by atoms with E-state index in [1.165, 1.54) is 0 Å². The minimum atomic E-state index is -0.111. The lowest BCUT2D eigenvalue weighted by Crippen LogP contribution is -2.22. The van der Waals surface area contributed by atoms with E-state index in [0.29, 0.717) is 25.6 Å². The third-order valence-corrected chi connectivity index (χ3v) is 3.07. The Bertz CT molecular complexity index is 602. The van der Waals surface area contributed by atoms with E-state index in [2.05, 4.69) is 10.6 Å². The number of anilines is 2. The smallest absolute Gasteiger partial charge is 0.243 e. The summed E-state index contributed by atoms with van der Waals surface area (Å²) in [5.41, 5.74) is 1.56. The lowest BCUT2D eigenvalue weighted by Gasteiger charge is -2.13. The molecule has 0 radical (unpaired) electrons. The van der Waals surface area contributed by atoms with Crippen molar-refractivity contribution in [1.29, 1.82) is 0 Å². The Balaban J connectivity index is 1.83. The highest BCUT2D eigenvalue weighted by molar-refractivity contribution is 5.93. The van der Waals surface area contributed by atoms with Crippen LogP contribution in [0.3, 0.4) is 0 Å². The molecule has 0 aromatic heterocycles.